The zero-order chi connectivity index (χ0) is 21.8. The molecule has 7 nitrogen and oxygen atoms in total. The Hall–Kier alpha value is -3.65. The number of nitrogens with zero attached hydrogens (tertiary/aromatic N) is 4. The third-order valence-electron chi connectivity index (χ3n) is 4.89. The van der Waals surface area contributed by atoms with Gasteiger partial charge in [-0.3, -0.25) is 9.47 Å². The minimum atomic E-state index is -0.166. The van der Waals surface area contributed by atoms with E-state index in [2.05, 4.69) is 10.4 Å². The van der Waals surface area contributed by atoms with Crippen LogP contribution in [0.2, 0.25) is 0 Å². The van der Waals surface area contributed by atoms with Crippen molar-refractivity contribution in [1.82, 2.24) is 24.4 Å². The van der Waals surface area contributed by atoms with Crippen LogP contribution in [0.3, 0.4) is 0 Å². The first kappa shape index (κ1) is 20.6. The number of amides is 1. The van der Waals surface area contributed by atoms with Crippen LogP contribution in [0.4, 0.5) is 0 Å². The maximum absolute atomic E-state index is 12.6. The average molecular weight is 434 g/mol. The number of aryl methyl sites for hydroxylation is 1. The zero-order valence-corrected chi connectivity index (χ0v) is 18.2. The number of rotatable bonds is 7. The molecular formula is C23H23N5O2S. The number of carbonyl (C=O) groups excluding carboxylic acids is 1. The lowest BCUT2D eigenvalue weighted by Gasteiger charge is -2.10. The summed E-state index contributed by atoms with van der Waals surface area (Å²) in [4.78, 5) is 12.6. The molecule has 0 spiro atoms. The largest absolute Gasteiger partial charge is 0.496 e. The van der Waals surface area contributed by atoms with Gasteiger partial charge in [-0.15, -0.1) is 5.10 Å². The molecule has 0 unspecified atom stereocenters. The van der Waals surface area contributed by atoms with Crippen LogP contribution >= 0.6 is 12.2 Å². The Morgan fingerprint density at radius 2 is 1.77 bits per heavy atom. The number of carbonyl (C=O) groups is 1. The minimum Gasteiger partial charge on any atom is -0.496 e. The van der Waals surface area contributed by atoms with Crippen LogP contribution in [0.1, 0.15) is 11.1 Å². The number of methoxy groups -OCH3 is 1. The van der Waals surface area contributed by atoms with Gasteiger partial charge in [0, 0.05) is 18.9 Å². The first-order valence-corrected chi connectivity index (χ1v) is 10.3. The van der Waals surface area contributed by atoms with Crippen molar-refractivity contribution in [1.29, 1.82) is 0 Å². The molecule has 2 heterocycles. The quantitative estimate of drug-likeness (QED) is 0.450. The van der Waals surface area contributed by atoms with Gasteiger partial charge in [0.2, 0.25) is 10.7 Å². The van der Waals surface area contributed by atoms with E-state index >= 15 is 0 Å². The number of nitrogens with one attached hydrogen (secondary N) is 1. The van der Waals surface area contributed by atoms with Gasteiger partial charge in [-0.1, -0.05) is 42.0 Å². The monoisotopic (exact) mass is 433 g/mol. The third kappa shape index (κ3) is 4.44. The van der Waals surface area contributed by atoms with Crippen LogP contribution in [0.15, 0.2) is 73.1 Å². The Morgan fingerprint density at radius 1 is 1.06 bits per heavy atom. The van der Waals surface area contributed by atoms with Crippen molar-refractivity contribution >= 4 is 18.1 Å². The molecular weight excluding hydrogens is 410 g/mol. The normalized spacial score (nSPS) is 10.8. The topological polar surface area (TPSA) is 66.0 Å². The van der Waals surface area contributed by atoms with Crippen LogP contribution in [-0.4, -0.2) is 32.1 Å². The van der Waals surface area contributed by atoms with E-state index in [9.17, 15) is 4.79 Å². The number of ether oxygens (including phenoxy) is 1. The second-order valence-electron chi connectivity index (χ2n) is 7.10. The molecule has 4 aromatic rings. The molecule has 158 valence electrons. The first-order valence-electron chi connectivity index (χ1n) is 9.86. The lowest BCUT2D eigenvalue weighted by molar-refractivity contribution is -0.122. The van der Waals surface area contributed by atoms with Crippen LogP contribution in [0.5, 0.6) is 5.75 Å². The molecule has 2 aromatic carbocycles. The Morgan fingerprint density at radius 3 is 2.48 bits per heavy atom. The van der Waals surface area contributed by atoms with Crippen LogP contribution in [0, 0.1) is 11.7 Å². The number of hydrogen-bond donors (Lipinski definition) is 1. The van der Waals surface area contributed by atoms with E-state index in [-0.39, 0.29) is 12.5 Å². The smallest absolute Gasteiger partial charge is 0.242 e. The molecule has 0 aliphatic carbocycles. The highest BCUT2D eigenvalue weighted by molar-refractivity contribution is 7.71. The van der Waals surface area contributed by atoms with Gasteiger partial charge in [0.25, 0.3) is 0 Å². The molecule has 0 bridgehead atoms. The second-order valence-corrected chi connectivity index (χ2v) is 7.47. The molecule has 0 aliphatic heterocycles. The lowest BCUT2D eigenvalue weighted by atomic mass is 10.1. The van der Waals surface area contributed by atoms with Crippen molar-refractivity contribution in [2.24, 2.45) is 0 Å². The standard InChI is InChI=1S/C23H23N5O2S/c1-17-9-11-18(12-10-17)15-24-21(29)16-27-23(31)28(26-13-5-6-14-26)22(25-27)19-7-3-4-8-20(19)30-2/h3-14H,15-16H2,1-2H3,(H,24,29). The molecule has 8 heteroatoms. The molecule has 0 radical (unpaired) electrons. The summed E-state index contributed by atoms with van der Waals surface area (Å²) in [6, 6.07) is 19.4. The third-order valence-corrected chi connectivity index (χ3v) is 5.27. The second kappa shape index (κ2) is 9.01. The summed E-state index contributed by atoms with van der Waals surface area (Å²) in [7, 11) is 1.61. The molecule has 2 aromatic heterocycles. The Balaban J connectivity index is 1.63. The summed E-state index contributed by atoms with van der Waals surface area (Å²) >= 11 is 5.67. The highest BCUT2D eigenvalue weighted by Gasteiger charge is 2.18. The van der Waals surface area contributed by atoms with E-state index in [1.54, 1.807) is 11.8 Å². The Kier molecular flexibility index (Phi) is 5.99. The van der Waals surface area contributed by atoms with Gasteiger partial charge in [-0.05, 0) is 49.0 Å². The maximum Gasteiger partial charge on any atom is 0.242 e. The van der Waals surface area contributed by atoms with E-state index < -0.39 is 0 Å². The predicted octanol–water partition coefficient (Wildman–Crippen LogP) is 3.83. The number of benzene rings is 2. The van der Waals surface area contributed by atoms with E-state index in [4.69, 9.17) is 17.0 Å². The highest BCUT2D eigenvalue weighted by atomic mass is 32.1. The van der Waals surface area contributed by atoms with E-state index in [0.717, 1.165) is 11.1 Å². The van der Waals surface area contributed by atoms with Gasteiger partial charge < -0.3 is 10.1 Å². The van der Waals surface area contributed by atoms with Gasteiger partial charge in [-0.25, -0.2) is 9.36 Å². The fourth-order valence-corrected chi connectivity index (χ4v) is 3.55. The van der Waals surface area contributed by atoms with Gasteiger partial charge in [0.05, 0.1) is 12.7 Å². The predicted molar refractivity (Wildman–Crippen MR) is 121 cm³/mol. The molecule has 0 aliphatic rings. The fraction of sp³-hybridized carbons (Fsp3) is 0.174. The highest BCUT2D eigenvalue weighted by Crippen LogP contribution is 2.28. The average Bonchev–Trinajstić information content (AvgIpc) is 3.41. The van der Waals surface area contributed by atoms with Crippen molar-refractivity contribution in [3.63, 3.8) is 0 Å². The van der Waals surface area contributed by atoms with Gasteiger partial charge in [-0.2, -0.15) is 0 Å². The van der Waals surface area contributed by atoms with Crippen molar-refractivity contribution in [3.05, 3.63) is 89.0 Å². The number of aromatic nitrogens is 4. The zero-order valence-electron chi connectivity index (χ0n) is 17.4. The summed E-state index contributed by atoms with van der Waals surface area (Å²) in [5.41, 5.74) is 3.00. The fourth-order valence-electron chi connectivity index (χ4n) is 3.27. The summed E-state index contributed by atoms with van der Waals surface area (Å²) in [5, 5.41) is 7.60. The van der Waals surface area contributed by atoms with E-state index in [0.29, 0.717) is 22.9 Å². The molecule has 1 amide bonds. The summed E-state index contributed by atoms with van der Waals surface area (Å²) < 4.78 is 11.1. The Labute approximate surface area is 185 Å². The van der Waals surface area contributed by atoms with Crippen molar-refractivity contribution < 1.29 is 9.53 Å². The summed E-state index contributed by atoms with van der Waals surface area (Å²) in [6.07, 6.45) is 3.75. The van der Waals surface area contributed by atoms with Gasteiger partial charge in [0.15, 0.2) is 5.82 Å². The maximum atomic E-state index is 12.6. The van der Waals surface area contributed by atoms with Gasteiger partial charge >= 0.3 is 0 Å². The Bertz CT molecular complexity index is 1240. The van der Waals surface area contributed by atoms with Crippen LogP contribution in [0.25, 0.3) is 11.4 Å². The van der Waals surface area contributed by atoms with Crippen molar-refractivity contribution in [2.75, 3.05) is 7.11 Å². The van der Waals surface area contributed by atoms with E-state index in [1.807, 2.05) is 84.7 Å². The summed E-state index contributed by atoms with van der Waals surface area (Å²) in [5.74, 6) is 1.09. The minimum absolute atomic E-state index is 0.0150. The van der Waals surface area contributed by atoms with E-state index in [1.165, 1.54) is 10.2 Å². The molecule has 0 saturated carbocycles. The van der Waals surface area contributed by atoms with Gasteiger partial charge in [0.1, 0.15) is 12.3 Å². The molecule has 0 fully saturated rings. The number of hydrogen-bond acceptors (Lipinski definition) is 4. The molecule has 31 heavy (non-hydrogen) atoms. The lowest BCUT2D eigenvalue weighted by Crippen LogP contribution is -2.27. The van der Waals surface area contributed by atoms with Crippen LogP contribution < -0.4 is 10.1 Å². The van der Waals surface area contributed by atoms with Crippen molar-refractivity contribution in [3.8, 4) is 17.1 Å². The molecule has 1 N–H and O–H groups in total. The molecule has 0 saturated heterocycles. The number of para-hydroxylation sites is 1. The SMILES string of the molecule is COc1ccccc1-c1nn(CC(=O)NCc2ccc(C)cc2)c(=S)n1-n1cccc1. The first-order chi connectivity index (χ1) is 15.1. The van der Waals surface area contributed by atoms with Crippen molar-refractivity contribution in [2.45, 2.75) is 20.0 Å². The molecule has 0 atom stereocenters. The summed E-state index contributed by atoms with van der Waals surface area (Å²) in [6.45, 7) is 2.50. The van der Waals surface area contributed by atoms with Crippen LogP contribution in [-0.2, 0) is 17.9 Å². The molecule has 4 rings (SSSR count).